The van der Waals surface area contributed by atoms with E-state index in [1.54, 1.807) is 0 Å². The molecule has 0 aliphatic rings. The maximum atomic E-state index is 12.2. The van der Waals surface area contributed by atoms with E-state index in [1.165, 1.54) is 12.1 Å². The molecule has 20 heavy (non-hydrogen) atoms. The highest BCUT2D eigenvalue weighted by Gasteiger charge is 2.40. The van der Waals surface area contributed by atoms with Crippen LogP contribution in [-0.2, 0) is 9.84 Å². The number of alkyl halides is 3. The van der Waals surface area contributed by atoms with E-state index in [1.807, 2.05) is 0 Å². The largest absolute Gasteiger partial charge is 0.478 e. The highest BCUT2D eigenvalue weighted by Crippen LogP contribution is 2.45. The van der Waals surface area contributed by atoms with Crippen LogP contribution in [0.5, 0.6) is 0 Å². The molecule has 0 bridgehead atoms. The van der Waals surface area contributed by atoms with E-state index >= 15 is 0 Å². The molecule has 0 atom stereocenters. The van der Waals surface area contributed by atoms with Crippen LogP contribution in [0.25, 0.3) is 10.2 Å². The second-order valence-electron chi connectivity index (χ2n) is 3.53. The summed E-state index contributed by atoms with van der Waals surface area (Å²) in [7, 11) is -3.82. The van der Waals surface area contributed by atoms with Crippen LogP contribution < -0.4 is 0 Å². The van der Waals surface area contributed by atoms with Crippen LogP contribution in [0.15, 0.2) is 16.5 Å². The summed E-state index contributed by atoms with van der Waals surface area (Å²) in [5.41, 5.74) is 0.128. The zero-order chi connectivity index (χ0) is 15.3. The van der Waals surface area contributed by atoms with Crippen LogP contribution in [0.3, 0.4) is 0 Å². The number of halogens is 4. The smallest absolute Gasteiger partial charge is 0.337 e. The van der Waals surface area contributed by atoms with Gasteiger partial charge in [0.2, 0.25) is 15.7 Å². The molecule has 1 N–H and O–H groups in total. The van der Waals surface area contributed by atoms with Crippen molar-refractivity contribution in [2.24, 2.45) is 0 Å². The van der Waals surface area contributed by atoms with E-state index < -0.39 is 17.3 Å². The average molecular weight is 528 g/mol. The number of fused-ring (bicyclic) bond motifs is 1. The molecular weight excluding hydrogens is 525 g/mol. The van der Waals surface area contributed by atoms with Crippen LogP contribution >= 0.6 is 70.7 Å². The van der Waals surface area contributed by atoms with Gasteiger partial charge in [0.1, 0.15) is 0 Å². The molecule has 0 radical (unpaired) electrons. The first kappa shape index (κ1) is 16.6. The molecule has 0 spiro atoms. The third-order valence-electron chi connectivity index (χ3n) is 2.22. The van der Waals surface area contributed by atoms with Crippen molar-refractivity contribution >= 4 is 96.8 Å². The minimum absolute atomic E-state index is 0.0281. The fourth-order valence-corrected chi connectivity index (χ4v) is 6.18. The van der Waals surface area contributed by atoms with Crippen molar-refractivity contribution in [2.45, 2.75) is 5.81 Å². The Morgan fingerprint density at radius 3 is 2.45 bits per heavy atom. The van der Waals surface area contributed by atoms with Gasteiger partial charge in [0.05, 0.1) is 20.8 Å². The summed E-state index contributed by atoms with van der Waals surface area (Å²) in [5.74, 6) is -1.20. The molecule has 0 amide bonds. The zero-order valence-electron chi connectivity index (χ0n) is 9.10. The predicted octanol–water partition coefficient (Wildman–Crippen LogP) is 4.22. The van der Waals surface area contributed by atoms with Gasteiger partial charge in [0, 0.05) is 0 Å². The molecule has 0 aliphatic carbocycles. The maximum Gasteiger partial charge on any atom is 0.337 e. The van der Waals surface area contributed by atoms with Crippen LogP contribution in [0.1, 0.15) is 10.4 Å². The van der Waals surface area contributed by atoms with Gasteiger partial charge in [-0.25, -0.2) is 18.2 Å². The summed E-state index contributed by atoms with van der Waals surface area (Å²) in [6, 6.07) is 2.63. The van der Waals surface area contributed by atoms with Crippen molar-refractivity contribution in [3.05, 3.63) is 22.7 Å². The molecule has 5 nitrogen and oxygen atoms in total. The Balaban J connectivity index is 2.70. The number of hydrogen-bond donors (Lipinski definition) is 1. The molecule has 108 valence electrons. The van der Waals surface area contributed by atoms with Gasteiger partial charge < -0.3 is 5.11 Å². The third kappa shape index (κ3) is 2.91. The minimum Gasteiger partial charge on any atom is -0.478 e. The lowest BCUT2D eigenvalue weighted by atomic mass is 10.2. The number of nitrogens with zero attached hydrogens (tertiary/aromatic N) is 1. The Bertz CT molecular complexity index is 812. The van der Waals surface area contributed by atoms with E-state index in [0.717, 1.165) is 11.3 Å². The molecule has 0 fully saturated rings. The molecule has 0 saturated carbocycles. The molecule has 0 saturated heterocycles. The fraction of sp³-hybridized carbons (Fsp3) is 0.111. The molecule has 1 aromatic heterocycles. The molecule has 11 heteroatoms. The van der Waals surface area contributed by atoms with Gasteiger partial charge in [0.15, 0.2) is 0 Å². The van der Waals surface area contributed by atoms with Crippen LogP contribution in [-0.4, -0.2) is 26.0 Å². The predicted molar refractivity (Wildman–Crippen MR) is 88.3 cm³/mol. The van der Waals surface area contributed by atoms with Crippen molar-refractivity contribution < 1.29 is 18.3 Å². The summed E-state index contributed by atoms with van der Waals surface area (Å²) in [6.45, 7) is 0. The van der Waals surface area contributed by atoms with Crippen molar-refractivity contribution in [1.82, 2.24) is 4.98 Å². The molecule has 1 heterocycles. The van der Waals surface area contributed by atoms with Crippen molar-refractivity contribution in [3.63, 3.8) is 0 Å². The van der Waals surface area contributed by atoms with Crippen LogP contribution in [0.4, 0.5) is 0 Å². The Morgan fingerprint density at radius 1 is 1.35 bits per heavy atom. The van der Waals surface area contributed by atoms with Crippen molar-refractivity contribution in [2.75, 3.05) is 0 Å². The van der Waals surface area contributed by atoms with Gasteiger partial charge in [-0.1, -0.05) is 11.6 Å². The van der Waals surface area contributed by atoms with E-state index in [4.69, 9.17) is 16.7 Å². The number of thiazole rings is 1. The number of rotatable bonds is 2. The number of aromatic nitrogens is 1. The lowest BCUT2D eigenvalue weighted by Gasteiger charge is -2.09. The summed E-state index contributed by atoms with van der Waals surface area (Å²) in [4.78, 5) is 14.9. The van der Waals surface area contributed by atoms with Gasteiger partial charge in [0.25, 0.3) is 0 Å². The summed E-state index contributed by atoms with van der Waals surface area (Å²) in [6.07, 6.45) is 0. The van der Waals surface area contributed by atoms with E-state index in [0.29, 0.717) is 4.70 Å². The maximum absolute atomic E-state index is 12.2. The quantitative estimate of drug-likeness (QED) is 0.591. The number of sulfone groups is 1. The van der Waals surface area contributed by atoms with Gasteiger partial charge in [-0.3, -0.25) is 0 Å². The number of carbonyl (C=O) groups is 1. The van der Waals surface area contributed by atoms with E-state index in [-0.39, 0.29) is 20.4 Å². The third-order valence-corrected chi connectivity index (χ3v) is 9.25. The monoisotopic (exact) mass is 525 g/mol. The number of carboxylic acid groups (broad SMARTS) is 1. The first-order valence-corrected chi connectivity index (χ1v) is 9.74. The Hall–Kier alpha value is 0.260. The second kappa shape index (κ2) is 5.47. The van der Waals surface area contributed by atoms with Crippen molar-refractivity contribution in [3.8, 4) is 0 Å². The first-order valence-electron chi connectivity index (χ1n) is 4.69. The Morgan fingerprint density at radius 2 is 1.95 bits per heavy atom. The van der Waals surface area contributed by atoms with Gasteiger partial charge in [-0.15, -0.1) is 11.3 Å². The van der Waals surface area contributed by atoms with Crippen LogP contribution in [0, 0.1) is 0 Å². The Labute approximate surface area is 147 Å². The first-order chi connectivity index (χ1) is 9.04. The number of carboxylic acids is 1. The fourth-order valence-electron chi connectivity index (χ4n) is 1.31. The van der Waals surface area contributed by atoms with Gasteiger partial charge >= 0.3 is 5.97 Å². The molecular formula is C9H3Br3ClNO4S2. The number of aromatic carboxylic acids is 1. The number of hydrogen-bond acceptors (Lipinski definition) is 5. The highest BCUT2D eigenvalue weighted by molar-refractivity contribution is 9.42. The van der Waals surface area contributed by atoms with E-state index in [2.05, 4.69) is 52.8 Å². The average Bonchev–Trinajstić information content (AvgIpc) is 2.69. The molecule has 0 aliphatic heterocycles. The summed E-state index contributed by atoms with van der Waals surface area (Å²) >= 11 is 15.5. The summed E-state index contributed by atoms with van der Waals surface area (Å²) in [5, 5.41) is 9.00. The highest BCUT2D eigenvalue weighted by atomic mass is 80.0. The second-order valence-corrected chi connectivity index (χ2v) is 15.6. The minimum atomic E-state index is -3.82. The Kier molecular flexibility index (Phi) is 4.55. The van der Waals surface area contributed by atoms with E-state index in [9.17, 15) is 13.2 Å². The molecule has 0 unspecified atom stereocenters. The zero-order valence-corrected chi connectivity index (χ0v) is 16.2. The van der Waals surface area contributed by atoms with Crippen LogP contribution in [0.2, 0.25) is 5.02 Å². The van der Waals surface area contributed by atoms with Gasteiger partial charge in [-0.05, 0) is 59.9 Å². The lowest BCUT2D eigenvalue weighted by Crippen LogP contribution is -2.17. The molecule has 2 rings (SSSR count). The van der Waals surface area contributed by atoms with Gasteiger partial charge in [-0.2, -0.15) is 0 Å². The summed E-state index contributed by atoms with van der Waals surface area (Å²) < 4.78 is 23.1. The standard InChI is InChI=1S/C9H3Br3ClNO4S2/c10-9(11,12)20(17,18)8-14-5-1-3(7(15)16)4(13)2-6(5)19-8/h1-2H,(H,15,16). The molecule has 1 aromatic carbocycles. The topological polar surface area (TPSA) is 84.3 Å². The number of benzene rings is 1. The molecule has 2 aromatic rings. The SMILES string of the molecule is O=C(O)c1cc2nc(S(=O)(=O)C(Br)(Br)Br)sc2cc1Cl. The normalized spacial score (nSPS) is 12.8. The lowest BCUT2D eigenvalue weighted by molar-refractivity contribution is 0.0697. The van der Waals surface area contributed by atoms with Crippen molar-refractivity contribution in [1.29, 1.82) is 0 Å².